The summed E-state index contributed by atoms with van der Waals surface area (Å²) in [7, 11) is 0. The molecule has 1 aliphatic rings. The van der Waals surface area contributed by atoms with Crippen molar-refractivity contribution in [3.63, 3.8) is 0 Å². The number of halogens is 1. The summed E-state index contributed by atoms with van der Waals surface area (Å²) >= 11 is 0. The van der Waals surface area contributed by atoms with E-state index in [1.807, 2.05) is 0 Å². The van der Waals surface area contributed by atoms with Gasteiger partial charge in [0.25, 0.3) is 11.5 Å². The van der Waals surface area contributed by atoms with Crippen molar-refractivity contribution in [2.45, 2.75) is 19.6 Å². The van der Waals surface area contributed by atoms with Crippen molar-refractivity contribution in [2.24, 2.45) is 0 Å². The van der Waals surface area contributed by atoms with E-state index in [4.69, 9.17) is 0 Å². The van der Waals surface area contributed by atoms with Crippen molar-refractivity contribution in [3.8, 4) is 5.75 Å². The predicted molar refractivity (Wildman–Crippen MR) is 79.4 cm³/mol. The van der Waals surface area contributed by atoms with Crippen LogP contribution in [-0.4, -0.2) is 27.1 Å². The van der Waals surface area contributed by atoms with Crippen LogP contribution >= 0.6 is 0 Å². The number of carbonyl (C=O) groups excluding carboxylic acids is 1. The van der Waals surface area contributed by atoms with Crippen molar-refractivity contribution in [1.29, 1.82) is 0 Å². The van der Waals surface area contributed by atoms with E-state index in [-0.39, 0.29) is 18.1 Å². The van der Waals surface area contributed by atoms with Crippen LogP contribution in [0.15, 0.2) is 29.1 Å². The molecular formula is C15H15FN4O3. The van der Waals surface area contributed by atoms with Crippen LogP contribution in [0.4, 0.5) is 4.39 Å². The lowest BCUT2D eigenvalue weighted by Crippen LogP contribution is -2.39. The molecule has 0 aliphatic carbocycles. The fourth-order valence-electron chi connectivity index (χ4n) is 2.37. The summed E-state index contributed by atoms with van der Waals surface area (Å²) in [4.78, 5) is 28.3. The number of benzene rings is 1. The van der Waals surface area contributed by atoms with E-state index >= 15 is 0 Å². The summed E-state index contributed by atoms with van der Waals surface area (Å²) in [5.41, 5.74) is -0.230. The van der Waals surface area contributed by atoms with Gasteiger partial charge in [-0.2, -0.15) is 0 Å². The number of hydrogen-bond acceptors (Lipinski definition) is 5. The van der Waals surface area contributed by atoms with E-state index < -0.39 is 17.2 Å². The second-order valence-electron chi connectivity index (χ2n) is 5.17. The monoisotopic (exact) mass is 318 g/mol. The van der Waals surface area contributed by atoms with Gasteiger partial charge in [0.2, 0.25) is 5.75 Å². The molecule has 0 unspecified atom stereocenters. The van der Waals surface area contributed by atoms with Gasteiger partial charge < -0.3 is 15.7 Å². The smallest absolute Gasteiger partial charge is 0.296 e. The van der Waals surface area contributed by atoms with Gasteiger partial charge in [-0.15, -0.1) is 0 Å². The Kier molecular flexibility index (Phi) is 4.07. The average molecular weight is 318 g/mol. The average Bonchev–Trinajstić information content (AvgIpc) is 2.57. The lowest BCUT2D eigenvalue weighted by molar-refractivity contribution is 0.0941. The molecule has 8 heteroatoms. The topological polar surface area (TPSA) is 96.2 Å². The highest BCUT2D eigenvalue weighted by Gasteiger charge is 2.22. The van der Waals surface area contributed by atoms with Crippen LogP contribution in [0, 0.1) is 5.82 Å². The number of nitrogens with zero attached hydrogens (tertiary/aromatic N) is 2. The minimum absolute atomic E-state index is 0.136. The molecule has 2 heterocycles. The van der Waals surface area contributed by atoms with Crippen molar-refractivity contribution < 1.29 is 14.3 Å². The number of hydrogen-bond donors (Lipinski definition) is 3. The molecule has 23 heavy (non-hydrogen) atoms. The van der Waals surface area contributed by atoms with E-state index in [9.17, 15) is 19.1 Å². The Labute approximate surface area is 130 Å². The molecule has 120 valence electrons. The normalized spacial score (nSPS) is 13.4. The molecule has 0 radical (unpaired) electrons. The highest BCUT2D eigenvalue weighted by atomic mass is 19.1. The van der Waals surface area contributed by atoms with Crippen LogP contribution in [0.3, 0.4) is 0 Å². The summed E-state index contributed by atoms with van der Waals surface area (Å²) in [5.74, 6) is -1.27. The fourth-order valence-corrected chi connectivity index (χ4v) is 2.37. The SMILES string of the molecule is O=C(NCc1ccc(F)cc1)c1nc2n(c(=O)c1O)CCNC2. The quantitative estimate of drug-likeness (QED) is 0.747. The molecule has 0 fully saturated rings. The zero-order valence-corrected chi connectivity index (χ0v) is 12.2. The highest BCUT2D eigenvalue weighted by Crippen LogP contribution is 2.12. The lowest BCUT2D eigenvalue weighted by Gasteiger charge is -2.19. The number of aromatic nitrogens is 2. The van der Waals surface area contributed by atoms with Gasteiger partial charge in [-0.25, -0.2) is 9.37 Å². The molecule has 0 bridgehead atoms. The Balaban J connectivity index is 1.80. The first-order valence-electron chi connectivity index (χ1n) is 7.12. The van der Waals surface area contributed by atoms with Gasteiger partial charge >= 0.3 is 0 Å². The number of aromatic hydroxyl groups is 1. The summed E-state index contributed by atoms with van der Waals surface area (Å²) in [6, 6.07) is 5.64. The van der Waals surface area contributed by atoms with E-state index in [1.165, 1.54) is 28.8 Å². The maximum Gasteiger partial charge on any atom is 0.296 e. The number of amides is 1. The fraction of sp³-hybridized carbons (Fsp3) is 0.267. The molecule has 7 nitrogen and oxygen atoms in total. The highest BCUT2D eigenvalue weighted by molar-refractivity contribution is 5.94. The summed E-state index contributed by atoms with van der Waals surface area (Å²) < 4.78 is 14.2. The van der Waals surface area contributed by atoms with Gasteiger partial charge in [-0.05, 0) is 17.7 Å². The third-order valence-corrected chi connectivity index (χ3v) is 3.60. The van der Waals surface area contributed by atoms with Crippen LogP contribution < -0.4 is 16.2 Å². The molecule has 0 atom stereocenters. The zero-order valence-electron chi connectivity index (χ0n) is 12.2. The molecule has 0 spiro atoms. The number of carbonyl (C=O) groups is 1. The molecule has 1 aliphatic heterocycles. The molecule has 0 saturated heterocycles. The summed E-state index contributed by atoms with van der Waals surface area (Å²) in [6.07, 6.45) is 0. The molecule has 1 aromatic heterocycles. The van der Waals surface area contributed by atoms with E-state index in [2.05, 4.69) is 15.6 Å². The molecule has 1 amide bonds. The van der Waals surface area contributed by atoms with Crippen molar-refractivity contribution in [3.05, 3.63) is 57.5 Å². The minimum atomic E-state index is -0.660. The van der Waals surface area contributed by atoms with Gasteiger partial charge in [0, 0.05) is 19.6 Å². The standard InChI is InChI=1S/C15H15FN4O3/c16-10-3-1-9(2-4-10)7-18-14(22)12-13(21)15(23)20-6-5-17-8-11(20)19-12/h1-4,17,21H,5-8H2,(H,18,22). The third-order valence-electron chi connectivity index (χ3n) is 3.60. The van der Waals surface area contributed by atoms with E-state index in [0.717, 1.165) is 0 Å². The lowest BCUT2D eigenvalue weighted by atomic mass is 10.2. The van der Waals surface area contributed by atoms with Gasteiger partial charge in [-0.3, -0.25) is 14.2 Å². The Morgan fingerprint density at radius 3 is 2.87 bits per heavy atom. The van der Waals surface area contributed by atoms with Gasteiger partial charge in [-0.1, -0.05) is 12.1 Å². The van der Waals surface area contributed by atoms with E-state index in [1.54, 1.807) is 0 Å². The van der Waals surface area contributed by atoms with Crippen molar-refractivity contribution in [2.75, 3.05) is 6.54 Å². The number of nitrogens with one attached hydrogen (secondary N) is 2. The summed E-state index contributed by atoms with van der Waals surface area (Å²) in [5, 5.41) is 15.5. The maximum atomic E-state index is 12.8. The van der Waals surface area contributed by atoms with E-state index in [0.29, 0.717) is 31.0 Å². The first kappa shape index (κ1) is 15.2. The Bertz CT molecular complexity index is 802. The molecule has 3 N–H and O–H groups in total. The Morgan fingerprint density at radius 2 is 2.13 bits per heavy atom. The molecule has 0 saturated carbocycles. The summed E-state index contributed by atoms with van der Waals surface area (Å²) in [6.45, 7) is 1.49. The van der Waals surface area contributed by atoms with Gasteiger partial charge in [0.1, 0.15) is 11.6 Å². The van der Waals surface area contributed by atoms with Crippen LogP contribution in [-0.2, 0) is 19.6 Å². The molecule has 1 aromatic carbocycles. The minimum Gasteiger partial charge on any atom is -0.501 e. The number of rotatable bonds is 3. The second-order valence-corrected chi connectivity index (χ2v) is 5.17. The third kappa shape index (κ3) is 3.07. The Hall–Kier alpha value is -2.74. The van der Waals surface area contributed by atoms with Crippen molar-refractivity contribution >= 4 is 5.91 Å². The van der Waals surface area contributed by atoms with Crippen LogP contribution in [0.25, 0.3) is 0 Å². The first-order chi connectivity index (χ1) is 11.1. The van der Waals surface area contributed by atoms with Crippen molar-refractivity contribution in [1.82, 2.24) is 20.2 Å². The first-order valence-corrected chi connectivity index (χ1v) is 7.12. The Morgan fingerprint density at radius 1 is 1.39 bits per heavy atom. The molecule has 3 rings (SSSR count). The molecule has 2 aromatic rings. The van der Waals surface area contributed by atoms with Crippen LogP contribution in [0.5, 0.6) is 5.75 Å². The molecular weight excluding hydrogens is 303 g/mol. The predicted octanol–water partition coefficient (Wildman–Crippen LogP) is 0.121. The van der Waals surface area contributed by atoms with Crippen LogP contribution in [0.2, 0.25) is 0 Å². The van der Waals surface area contributed by atoms with Gasteiger partial charge in [0.15, 0.2) is 5.69 Å². The van der Waals surface area contributed by atoms with Crippen LogP contribution in [0.1, 0.15) is 21.9 Å². The second kappa shape index (κ2) is 6.17. The zero-order chi connectivity index (χ0) is 16.4. The maximum absolute atomic E-state index is 12.8. The van der Waals surface area contributed by atoms with Gasteiger partial charge in [0.05, 0.1) is 6.54 Å². The number of fused-ring (bicyclic) bond motifs is 1. The largest absolute Gasteiger partial charge is 0.501 e.